The molecule has 1 aromatic carbocycles. The summed E-state index contributed by atoms with van der Waals surface area (Å²) in [5, 5.41) is 0. The van der Waals surface area contributed by atoms with Gasteiger partial charge in [0.1, 0.15) is 0 Å². The summed E-state index contributed by atoms with van der Waals surface area (Å²) in [6, 6.07) is 4.94. The van der Waals surface area contributed by atoms with Crippen LogP contribution in [0.5, 0.6) is 0 Å². The van der Waals surface area contributed by atoms with Gasteiger partial charge in [-0.05, 0) is 12.5 Å². The first-order valence-electron chi connectivity index (χ1n) is 5.95. The minimum atomic E-state index is -4.47. The molecule has 0 aromatic heterocycles. The second-order valence-electron chi connectivity index (χ2n) is 4.13. The van der Waals surface area contributed by atoms with Crippen LogP contribution in [0.25, 0.3) is 0 Å². The van der Waals surface area contributed by atoms with Crippen molar-refractivity contribution in [3.05, 3.63) is 42.3 Å². The number of rotatable bonds is 6. The van der Waals surface area contributed by atoms with E-state index in [-0.39, 0.29) is 12.0 Å². The van der Waals surface area contributed by atoms with Gasteiger partial charge in [0.15, 0.2) is 5.78 Å². The third-order valence-electron chi connectivity index (χ3n) is 2.69. The number of Topliss-reactive ketones (excluding diaryl/α,β-unsaturated/α-hetero) is 1. The number of ketones is 1. The molecule has 1 aromatic rings. The number of carbonyl (C=O) groups excluding carboxylic acids is 1. The van der Waals surface area contributed by atoms with E-state index in [2.05, 4.69) is 6.92 Å². The van der Waals surface area contributed by atoms with Crippen LogP contribution in [-0.4, -0.2) is 5.78 Å². The van der Waals surface area contributed by atoms with Gasteiger partial charge in [-0.2, -0.15) is 13.2 Å². The number of halogens is 3. The van der Waals surface area contributed by atoms with Crippen molar-refractivity contribution in [2.24, 2.45) is 0 Å². The fourth-order valence-electron chi connectivity index (χ4n) is 1.75. The van der Waals surface area contributed by atoms with Crippen molar-refractivity contribution >= 4 is 5.78 Å². The van der Waals surface area contributed by atoms with Crippen LogP contribution in [0.3, 0.4) is 0 Å². The Labute approximate surface area is 105 Å². The maximum atomic E-state index is 12.7. The van der Waals surface area contributed by atoms with Gasteiger partial charge in [-0.25, -0.2) is 0 Å². The van der Waals surface area contributed by atoms with Crippen LogP contribution in [-0.2, 0) is 6.18 Å². The Morgan fingerprint density at radius 3 is 2.39 bits per heavy atom. The van der Waals surface area contributed by atoms with Crippen molar-refractivity contribution in [1.29, 1.82) is 0 Å². The van der Waals surface area contributed by atoms with Crippen molar-refractivity contribution in [3.63, 3.8) is 0 Å². The van der Waals surface area contributed by atoms with Gasteiger partial charge in [0.25, 0.3) is 0 Å². The number of unbranched alkanes of at least 4 members (excludes halogenated alkanes) is 3. The van der Waals surface area contributed by atoms with Crippen molar-refractivity contribution in [2.75, 3.05) is 0 Å². The molecule has 0 fully saturated rings. The number of carbonyl (C=O) groups is 1. The zero-order valence-electron chi connectivity index (χ0n) is 10.1. The lowest BCUT2D eigenvalue weighted by Gasteiger charge is -2.11. The zero-order chi connectivity index (χ0) is 13.6. The topological polar surface area (TPSA) is 17.1 Å². The molecule has 0 amide bonds. The highest BCUT2D eigenvalue weighted by Crippen LogP contribution is 2.32. The first-order valence-corrected chi connectivity index (χ1v) is 5.95. The highest BCUT2D eigenvalue weighted by molar-refractivity contribution is 5.97. The van der Waals surface area contributed by atoms with E-state index in [4.69, 9.17) is 0 Å². The van der Waals surface area contributed by atoms with E-state index in [1.165, 1.54) is 18.2 Å². The average molecular weight is 257 g/mol. The molecule has 0 saturated heterocycles. The lowest BCUT2D eigenvalue weighted by atomic mass is 9.99. The predicted molar refractivity (Wildman–Crippen MR) is 64.2 cm³/mol. The van der Waals surface area contributed by atoms with Crippen LogP contribution in [0.1, 0.15) is 48.0 Å². The van der Waals surface area contributed by atoms with Gasteiger partial charge >= 0.3 is 6.18 Å². The summed E-state index contributed by atoms with van der Waals surface area (Å²) in [6.45, 7) is 3.67. The van der Waals surface area contributed by atoms with Crippen molar-refractivity contribution in [1.82, 2.24) is 0 Å². The lowest BCUT2D eigenvalue weighted by molar-refractivity contribution is -0.137. The molecular formula is C14H16F3O. The van der Waals surface area contributed by atoms with Gasteiger partial charge in [0.2, 0.25) is 0 Å². The van der Waals surface area contributed by atoms with Gasteiger partial charge < -0.3 is 0 Å². The molecule has 0 N–H and O–H groups in total. The van der Waals surface area contributed by atoms with E-state index in [9.17, 15) is 18.0 Å². The smallest absolute Gasteiger partial charge is 0.294 e. The molecule has 0 spiro atoms. The molecule has 0 atom stereocenters. The first-order chi connectivity index (χ1) is 8.46. The van der Waals surface area contributed by atoms with Crippen LogP contribution >= 0.6 is 0 Å². The summed E-state index contributed by atoms with van der Waals surface area (Å²) in [7, 11) is 0. The van der Waals surface area contributed by atoms with Gasteiger partial charge in [0.05, 0.1) is 5.56 Å². The summed E-state index contributed by atoms with van der Waals surface area (Å²) in [4.78, 5) is 11.8. The van der Waals surface area contributed by atoms with E-state index >= 15 is 0 Å². The van der Waals surface area contributed by atoms with Crippen molar-refractivity contribution < 1.29 is 18.0 Å². The molecule has 0 bridgehead atoms. The Balaban J connectivity index is 2.74. The normalized spacial score (nSPS) is 11.6. The van der Waals surface area contributed by atoms with Gasteiger partial charge in [-0.3, -0.25) is 4.79 Å². The first kappa shape index (κ1) is 14.7. The van der Waals surface area contributed by atoms with Gasteiger partial charge in [-0.15, -0.1) is 0 Å². The molecule has 0 aliphatic carbocycles. The molecule has 4 heteroatoms. The second kappa shape index (κ2) is 6.57. The van der Waals surface area contributed by atoms with E-state index in [0.717, 1.165) is 25.3 Å². The van der Waals surface area contributed by atoms with Crippen LogP contribution in [0.4, 0.5) is 13.2 Å². The monoisotopic (exact) mass is 257 g/mol. The molecule has 0 heterocycles. The minimum absolute atomic E-state index is 0.160. The van der Waals surface area contributed by atoms with E-state index in [1.54, 1.807) is 0 Å². The molecule has 0 saturated carbocycles. The quantitative estimate of drug-likeness (QED) is 0.534. The highest BCUT2D eigenvalue weighted by atomic mass is 19.4. The summed E-state index contributed by atoms with van der Waals surface area (Å²) in [5.74, 6) is -0.438. The molecule has 0 aliphatic heterocycles. The van der Waals surface area contributed by atoms with E-state index in [0.29, 0.717) is 6.42 Å². The Bertz CT molecular complexity index is 396. The van der Waals surface area contributed by atoms with Crippen LogP contribution < -0.4 is 0 Å². The predicted octanol–water partition coefficient (Wildman–Crippen LogP) is 4.67. The summed E-state index contributed by atoms with van der Waals surface area (Å²) >= 11 is 0. The summed E-state index contributed by atoms with van der Waals surface area (Å²) < 4.78 is 38.1. The molecule has 0 aliphatic rings. The van der Waals surface area contributed by atoms with Crippen LogP contribution in [0.2, 0.25) is 0 Å². The number of hydrogen-bond acceptors (Lipinski definition) is 1. The average Bonchev–Trinajstić information content (AvgIpc) is 2.33. The molecular weight excluding hydrogens is 241 g/mol. The fourth-order valence-corrected chi connectivity index (χ4v) is 1.75. The van der Waals surface area contributed by atoms with Crippen LogP contribution in [0.15, 0.2) is 24.3 Å². The fraction of sp³-hybridized carbons (Fsp3) is 0.429. The molecule has 0 unspecified atom stereocenters. The van der Waals surface area contributed by atoms with Crippen molar-refractivity contribution in [2.45, 2.75) is 38.3 Å². The standard InChI is InChI=1S/C14H16F3O/c1-2-3-4-5-10-13(18)11-8-6-7-9-12(11)14(15,16)17/h6-9H,1-5,10H2. The van der Waals surface area contributed by atoms with E-state index in [1.807, 2.05) is 0 Å². The minimum Gasteiger partial charge on any atom is -0.294 e. The molecule has 99 valence electrons. The Morgan fingerprint density at radius 2 is 1.78 bits per heavy atom. The second-order valence-corrected chi connectivity index (χ2v) is 4.13. The largest absolute Gasteiger partial charge is 0.417 e. The SMILES string of the molecule is [CH2]CCCCCC(=O)c1ccccc1C(F)(F)F. The van der Waals surface area contributed by atoms with E-state index < -0.39 is 17.5 Å². The molecule has 18 heavy (non-hydrogen) atoms. The summed E-state index contributed by atoms with van der Waals surface area (Å²) in [6.07, 6.45) is -1.20. The maximum absolute atomic E-state index is 12.7. The number of hydrogen-bond donors (Lipinski definition) is 0. The summed E-state index contributed by atoms with van der Waals surface area (Å²) in [5.41, 5.74) is -1.06. The van der Waals surface area contributed by atoms with Crippen molar-refractivity contribution in [3.8, 4) is 0 Å². The number of benzene rings is 1. The molecule has 1 radical (unpaired) electrons. The van der Waals surface area contributed by atoms with Crippen LogP contribution in [0, 0.1) is 6.92 Å². The van der Waals surface area contributed by atoms with Gasteiger partial charge in [-0.1, -0.05) is 44.4 Å². The third-order valence-corrected chi connectivity index (χ3v) is 2.69. The lowest BCUT2D eigenvalue weighted by Crippen LogP contribution is -2.12. The molecule has 1 rings (SSSR count). The highest BCUT2D eigenvalue weighted by Gasteiger charge is 2.34. The Hall–Kier alpha value is -1.32. The molecule has 1 nitrogen and oxygen atoms in total. The maximum Gasteiger partial charge on any atom is 0.417 e. The Morgan fingerprint density at radius 1 is 1.11 bits per heavy atom. The zero-order valence-corrected chi connectivity index (χ0v) is 10.1. The van der Waals surface area contributed by atoms with Gasteiger partial charge in [0, 0.05) is 12.0 Å². The third kappa shape index (κ3) is 4.17. The Kier molecular flexibility index (Phi) is 5.38. The number of alkyl halides is 3.